The van der Waals surface area contributed by atoms with Crippen LogP contribution in [0.5, 0.6) is 11.5 Å². The Morgan fingerprint density at radius 3 is 2.20 bits per heavy atom. The molecule has 0 aromatic heterocycles. The van der Waals surface area contributed by atoms with Gasteiger partial charge in [-0.2, -0.15) is 0 Å². The van der Waals surface area contributed by atoms with Crippen LogP contribution in [0.4, 0.5) is 0 Å². The lowest BCUT2D eigenvalue weighted by molar-refractivity contribution is 0.106. The predicted molar refractivity (Wildman–Crippen MR) is 103 cm³/mol. The van der Waals surface area contributed by atoms with Crippen molar-refractivity contribution in [3.8, 4) is 11.5 Å². The summed E-state index contributed by atoms with van der Waals surface area (Å²) in [5.74, 6) is 0.910. The van der Waals surface area contributed by atoms with Crippen molar-refractivity contribution in [3.05, 3.63) is 23.8 Å². The van der Waals surface area contributed by atoms with Gasteiger partial charge in [0.2, 0.25) is 5.52 Å². The van der Waals surface area contributed by atoms with Crippen molar-refractivity contribution in [1.82, 2.24) is 0 Å². The minimum absolute atomic E-state index is 0.0243. The second kappa shape index (κ2) is 9.43. The maximum absolute atomic E-state index is 14.0. The van der Waals surface area contributed by atoms with Gasteiger partial charge in [-0.05, 0) is 31.4 Å². The van der Waals surface area contributed by atoms with Gasteiger partial charge in [0.15, 0.2) is 7.14 Å². The molecule has 0 spiro atoms. The maximum atomic E-state index is 14.0. The molecule has 25 heavy (non-hydrogen) atoms. The van der Waals surface area contributed by atoms with Gasteiger partial charge < -0.3 is 14.0 Å². The van der Waals surface area contributed by atoms with Crippen LogP contribution in [-0.2, 0) is 4.57 Å². The summed E-state index contributed by atoms with van der Waals surface area (Å²) in [4.78, 5) is 13.5. The molecule has 4 nitrogen and oxygen atoms in total. The molecule has 1 saturated carbocycles. The van der Waals surface area contributed by atoms with Gasteiger partial charge in [-0.3, -0.25) is 4.79 Å². The maximum Gasteiger partial charge on any atom is 0.229 e. The molecule has 1 aliphatic carbocycles. The highest BCUT2D eigenvalue weighted by Gasteiger charge is 2.43. The molecule has 1 aliphatic rings. The molecule has 1 atom stereocenters. The van der Waals surface area contributed by atoms with Crippen LogP contribution >= 0.6 is 7.14 Å². The average molecular weight is 366 g/mol. The summed E-state index contributed by atoms with van der Waals surface area (Å²) in [5.41, 5.74) is 0.139. The van der Waals surface area contributed by atoms with E-state index in [1.807, 2.05) is 0 Å². The van der Waals surface area contributed by atoms with Crippen LogP contribution in [0.1, 0.15) is 68.6 Å². The van der Waals surface area contributed by atoms with Crippen LogP contribution in [0.2, 0.25) is 0 Å². The van der Waals surface area contributed by atoms with Crippen molar-refractivity contribution < 1.29 is 18.8 Å². The van der Waals surface area contributed by atoms with Crippen molar-refractivity contribution in [2.45, 2.75) is 63.9 Å². The Hall–Kier alpha value is -1.28. The fraction of sp³-hybridized carbons (Fsp3) is 0.650. The van der Waals surface area contributed by atoms with Crippen LogP contribution in [0, 0.1) is 0 Å². The highest BCUT2D eigenvalue weighted by atomic mass is 31.2. The molecule has 0 amide bonds. The summed E-state index contributed by atoms with van der Waals surface area (Å²) in [5, 5.41) is 0. The molecule has 1 aromatic carbocycles. The Morgan fingerprint density at radius 1 is 1.08 bits per heavy atom. The van der Waals surface area contributed by atoms with E-state index in [1.165, 1.54) is 14.2 Å². The third-order valence-electron chi connectivity index (χ3n) is 5.24. The zero-order valence-corrected chi connectivity index (χ0v) is 16.6. The van der Waals surface area contributed by atoms with Crippen molar-refractivity contribution in [2.24, 2.45) is 0 Å². The van der Waals surface area contributed by atoms with Crippen LogP contribution in [0.15, 0.2) is 18.2 Å². The minimum Gasteiger partial charge on any atom is -0.496 e. The van der Waals surface area contributed by atoms with E-state index in [2.05, 4.69) is 6.92 Å². The second-order valence-corrected chi connectivity index (χ2v) is 10.0. The zero-order chi connectivity index (χ0) is 18.3. The van der Waals surface area contributed by atoms with Gasteiger partial charge >= 0.3 is 0 Å². The fourth-order valence-electron chi connectivity index (χ4n) is 3.80. The first kappa shape index (κ1) is 20.0. The van der Waals surface area contributed by atoms with Gasteiger partial charge in [0.25, 0.3) is 0 Å². The molecule has 0 bridgehead atoms. The summed E-state index contributed by atoms with van der Waals surface area (Å²) >= 11 is 0. The van der Waals surface area contributed by atoms with E-state index in [4.69, 9.17) is 9.47 Å². The number of benzene rings is 1. The number of carbonyl (C=O) groups excluding carboxylic acids is 1. The van der Waals surface area contributed by atoms with Gasteiger partial charge in [0, 0.05) is 11.8 Å². The smallest absolute Gasteiger partial charge is 0.229 e. The van der Waals surface area contributed by atoms with Gasteiger partial charge in [-0.15, -0.1) is 0 Å². The summed E-state index contributed by atoms with van der Waals surface area (Å²) in [6.07, 6.45) is 8.58. The number of hydrogen-bond donors (Lipinski definition) is 0. The minimum atomic E-state index is -3.00. The molecule has 5 heteroatoms. The number of hydrogen-bond acceptors (Lipinski definition) is 4. The van der Waals surface area contributed by atoms with Crippen LogP contribution in [0.25, 0.3) is 0 Å². The van der Waals surface area contributed by atoms with Gasteiger partial charge in [0.05, 0.1) is 14.2 Å². The fourth-order valence-corrected chi connectivity index (χ4v) is 7.19. The number of ether oxygens (including phenoxy) is 2. The molecule has 1 unspecified atom stereocenters. The van der Waals surface area contributed by atoms with Crippen LogP contribution in [0.3, 0.4) is 0 Å². The van der Waals surface area contributed by atoms with E-state index >= 15 is 0 Å². The Morgan fingerprint density at radius 2 is 1.68 bits per heavy atom. The number of rotatable bonds is 10. The monoisotopic (exact) mass is 366 g/mol. The molecule has 0 radical (unpaired) electrons. The van der Waals surface area contributed by atoms with E-state index in [9.17, 15) is 9.36 Å². The van der Waals surface area contributed by atoms with Crippen molar-refractivity contribution in [1.29, 1.82) is 0 Å². The zero-order valence-electron chi connectivity index (χ0n) is 15.8. The molecule has 0 saturated heterocycles. The Labute approximate surface area is 151 Å². The first-order valence-corrected chi connectivity index (χ1v) is 11.4. The number of methoxy groups -OCH3 is 2. The van der Waals surface area contributed by atoms with Gasteiger partial charge in [-0.1, -0.05) is 45.1 Å². The van der Waals surface area contributed by atoms with Crippen molar-refractivity contribution >= 4 is 12.7 Å². The lowest BCUT2D eigenvalue weighted by Gasteiger charge is -2.25. The summed E-state index contributed by atoms with van der Waals surface area (Å²) in [7, 11) is 0.0708. The quantitative estimate of drug-likeness (QED) is 0.392. The molecule has 0 heterocycles. The molecule has 1 fully saturated rings. The third kappa shape index (κ3) is 4.47. The summed E-state index contributed by atoms with van der Waals surface area (Å²) in [6.45, 7) is 2.15. The summed E-state index contributed by atoms with van der Waals surface area (Å²) < 4.78 is 24.7. The summed E-state index contributed by atoms with van der Waals surface area (Å²) in [6, 6.07) is 5.27. The molecular weight excluding hydrogens is 335 g/mol. The highest BCUT2D eigenvalue weighted by molar-refractivity contribution is 7.81. The molecule has 0 N–H and O–H groups in total. The van der Waals surface area contributed by atoms with Gasteiger partial charge in [-0.25, -0.2) is 0 Å². The van der Waals surface area contributed by atoms with Crippen molar-refractivity contribution in [3.63, 3.8) is 0 Å². The topological polar surface area (TPSA) is 52.6 Å². The van der Waals surface area contributed by atoms with Crippen LogP contribution < -0.4 is 9.47 Å². The highest BCUT2D eigenvalue weighted by Crippen LogP contribution is 2.60. The Balaban J connectivity index is 2.37. The lowest BCUT2D eigenvalue weighted by atomic mass is 10.2. The first-order valence-electron chi connectivity index (χ1n) is 9.43. The standard InChI is InChI=1S/C20H31O4P/c1-4-5-6-9-15-25(22,16-11-7-8-12-16)20(21)19-17(23-2)13-10-14-18(19)24-3/h10,13-14,16H,4-9,11-12,15H2,1-3H3. The molecule has 2 rings (SSSR count). The van der Waals surface area contributed by atoms with Gasteiger partial charge in [0.1, 0.15) is 17.1 Å². The largest absolute Gasteiger partial charge is 0.496 e. The second-order valence-electron chi connectivity index (χ2n) is 6.86. The lowest BCUT2D eigenvalue weighted by Crippen LogP contribution is -2.17. The van der Waals surface area contributed by atoms with Crippen molar-refractivity contribution in [2.75, 3.05) is 20.4 Å². The van der Waals surface area contributed by atoms with E-state index in [-0.39, 0.29) is 11.2 Å². The average Bonchev–Trinajstić information content (AvgIpc) is 3.19. The number of carbonyl (C=O) groups is 1. The van der Waals surface area contributed by atoms with E-state index in [1.54, 1.807) is 18.2 Å². The van der Waals surface area contributed by atoms with E-state index in [0.29, 0.717) is 23.2 Å². The first-order chi connectivity index (χ1) is 12.1. The SMILES string of the molecule is CCCCCCP(=O)(C(=O)c1c(OC)cccc1OC)C1CCCC1. The molecule has 140 valence electrons. The Kier molecular flexibility index (Phi) is 7.56. The normalized spacial score (nSPS) is 17.2. The van der Waals surface area contributed by atoms with Crippen LogP contribution in [-0.4, -0.2) is 31.6 Å². The Bertz CT molecular complexity index is 598. The molecule has 0 aliphatic heterocycles. The predicted octanol–water partition coefficient (Wildman–Crippen LogP) is 5.73. The third-order valence-corrected chi connectivity index (χ3v) is 8.83. The van der Waals surface area contributed by atoms with E-state index < -0.39 is 7.14 Å². The molecule has 1 aromatic rings. The molecular formula is C20H31O4P. The number of unbranched alkanes of at least 4 members (excludes halogenated alkanes) is 3. The van der Waals surface area contributed by atoms with E-state index in [0.717, 1.165) is 51.4 Å².